The zero-order chi connectivity index (χ0) is 21.1. The van der Waals surface area contributed by atoms with E-state index in [2.05, 4.69) is 10.6 Å². The quantitative estimate of drug-likeness (QED) is 0.745. The molecule has 2 amide bonds. The lowest BCUT2D eigenvalue weighted by molar-refractivity contribution is -0.122. The fourth-order valence-corrected chi connectivity index (χ4v) is 3.44. The van der Waals surface area contributed by atoms with Gasteiger partial charge in [0.05, 0.1) is 33.2 Å². The highest BCUT2D eigenvalue weighted by molar-refractivity contribution is 6.03. The average Bonchev–Trinajstić information content (AvgIpc) is 3.47. The third kappa shape index (κ3) is 4.62. The number of amides is 2. The van der Waals surface area contributed by atoms with Crippen LogP contribution >= 0.6 is 0 Å². The Balaban J connectivity index is 1.65. The highest BCUT2D eigenvalue weighted by Gasteiger charge is 2.48. The first kappa shape index (κ1) is 20.5. The van der Waals surface area contributed by atoms with Crippen molar-refractivity contribution in [1.29, 1.82) is 0 Å². The lowest BCUT2D eigenvalue weighted by atomic mass is 10.1. The van der Waals surface area contributed by atoms with E-state index in [0.717, 1.165) is 16.8 Å². The molecule has 2 N–H and O–H groups in total. The molecule has 29 heavy (non-hydrogen) atoms. The van der Waals surface area contributed by atoms with E-state index >= 15 is 0 Å². The summed E-state index contributed by atoms with van der Waals surface area (Å²) in [6.45, 7) is 3.96. The maximum Gasteiger partial charge on any atom is 0.228 e. The molecule has 1 aliphatic rings. The predicted molar refractivity (Wildman–Crippen MR) is 111 cm³/mol. The van der Waals surface area contributed by atoms with Crippen molar-refractivity contribution in [2.24, 2.45) is 11.8 Å². The number of nitrogens with one attached hydrogen (secondary N) is 2. The van der Waals surface area contributed by atoms with E-state index in [1.54, 1.807) is 12.1 Å². The molecule has 7 heteroatoms. The van der Waals surface area contributed by atoms with Crippen LogP contribution in [0.25, 0.3) is 0 Å². The third-order valence-corrected chi connectivity index (χ3v) is 4.89. The molecule has 1 saturated carbocycles. The molecule has 0 aromatic heterocycles. The van der Waals surface area contributed by atoms with Gasteiger partial charge in [0.2, 0.25) is 17.6 Å². The third-order valence-electron chi connectivity index (χ3n) is 4.89. The summed E-state index contributed by atoms with van der Waals surface area (Å²) in [5.74, 6) is 0.298. The molecule has 2 aromatic carbocycles. The summed E-state index contributed by atoms with van der Waals surface area (Å²) in [4.78, 5) is 25.1. The largest absolute Gasteiger partial charge is 0.493 e. The molecule has 7 nitrogen and oxygen atoms in total. The minimum Gasteiger partial charge on any atom is -0.493 e. The summed E-state index contributed by atoms with van der Waals surface area (Å²) < 4.78 is 15.9. The van der Waals surface area contributed by atoms with Gasteiger partial charge >= 0.3 is 0 Å². The van der Waals surface area contributed by atoms with Crippen LogP contribution in [0.5, 0.6) is 17.2 Å². The van der Waals surface area contributed by atoms with Gasteiger partial charge in [-0.15, -0.1) is 0 Å². The molecular weight excluding hydrogens is 372 g/mol. The lowest BCUT2D eigenvalue weighted by Crippen LogP contribution is -2.20. The van der Waals surface area contributed by atoms with Crippen LogP contribution in [-0.2, 0) is 9.59 Å². The molecule has 1 fully saturated rings. The summed E-state index contributed by atoms with van der Waals surface area (Å²) in [5, 5.41) is 5.75. The highest BCUT2D eigenvalue weighted by atomic mass is 16.5. The zero-order valence-electron chi connectivity index (χ0n) is 17.3. The minimum absolute atomic E-state index is 0.139. The molecule has 0 spiro atoms. The first-order chi connectivity index (χ1) is 13.9. The van der Waals surface area contributed by atoms with E-state index in [4.69, 9.17) is 14.2 Å². The van der Waals surface area contributed by atoms with Gasteiger partial charge in [-0.1, -0.05) is 6.07 Å². The smallest absolute Gasteiger partial charge is 0.228 e. The van der Waals surface area contributed by atoms with Crippen molar-refractivity contribution in [3.8, 4) is 17.2 Å². The Bertz CT molecular complexity index is 896. The van der Waals surface area contributed by atoms with Gasteiger partial charge in [-0.25, -0.2) is 0 Å². The van der Waals surface area contributed by atoms with Crippen molar-refractivity contribution >= 4 is 23.2 Å². The van der Waals surface area contributed by atoms with Crippen molar-refractivity contribution in [3.05, 3.63) is 41.5 Å². The number of carbonyl (C=O) groups is 2. The van der Waals surface area contributed by atoms with Crippen LogP contribution < -0.4 is 24.8 Å². The fraction of sp³-hybridized carbons (Fsp3) is 0.364. The monoisotopic (exact) mass is 398 g/mol. The normalized spacial score (nSPS) is 17.3. The van der Waals surface area contributed by atoms with Gasteiger partial charge in [0.25, 0.3) is 0 Å². The number of carbonyl (C=O) groups excluding carboxylic acids is 2. The van der Waals surface area contributed by atoms with Crippen molar-refractivity contribution < 1.29 is 23.8 Å². The van der Waals surface area contributed by atoms with Crippen LogP contribution in [0.3, 0.4) is 0 Å². The van der Waals surface area contributed by atoms with Crippen LogP contribution in [0.4, 0.5) is 11.4 Å². The van der Waals surface area contributed by atoms with Gasteiger partial charge in [-0.05, 0) is 43.5 Å². The number of anilines is 2. The van der Waals surface area contributed by atoms with Gasteiger partial charge in [-0.3, -0.25) is 9.59 Å². The summed E-state index contributed by atoms with van der Waals surface area (Å²) in [7, 11) is 4.54. The first-order valence-corrected chi connectivity index (χ1v) is 9.36. The minimum atomic E-state index is -0.361. The second kappa shape index (κ2) is 8.43. The maximum atomic E-state index is 12.6. The fourth-order valence-electron chi connectivity index (χ4n) is 3.44. The molecule has 0 saturated heterocycles. The molecule has 154 valence electrons. The molecule has 0 heterocycles. The first-order valence-electron chi connectivity index (χ1n) is 9.36. The Hall–Kier alpha value is -3.22. The molecule has 0 aliphatic heterocycles. The van der Waals surface area contributed by atoms with Gasteiger partial charge < -0.3 is 24.8 Å². The van der Waals surface area contributed by atoms with Crippen molar-refractivity contribution in [2.45, 2.75) is 20.3 Å². The molecule has 2 aromatic rings. The Labute approximate surface area is 170 Å². The van der Waals surface area contributed by atoms with Crippen molar-refractivity contribution in [3.63, 3.8) is 0 Å². The highest BCUT2D eigenvalue weighted by Crippen LogP contribution is 2.43. The lowest BCUT2D eigenvalue weighted by Gasteiger charge is -2.14. The number of rotatable bonds is 7. The van der Waals surface area contributed by atoms with E-state index < -0.39 is 0 Å². The summed E-state index contributed by atoms with van der Waals surface area (Å²) in [6, 6.07) is 9.19. The molecule has 0 bridgehead atoms. The van der Waals surface area contributed by atoms with E-state index in [-0.39, 0.29) is 23.7 Å². The topological polar surface area (TPSA) is 85.9 Å². The number of aryl methyl sites for hydroxylation is 2. The van der Waals surface area contributed by atoms with Crippen LogP contribution in [0.15, 0.2) is 30.3 Å². The Kier molecular flexibility index (Phi) is 5.96. The van der Waals surface area contributed by atoms with Gasteiger partial charge in [0.1, 0.15) is 0 Å². The van der Waals surface area contributed by atoms with Gasteiger partial charge in [0.15, 0.2) is 11.5 Å². The second-order valence-corrected chi connectivity index (χ2v) is 7.22. The van der Waals surface area contributed by atoms with E-state index in [1.165, 1.54) is 21.3 Å². The number of benzene rings is 2. The second-order valence-electron chi connectivity index (χ2n) is 7.22. The molecule has 2 unspecified atom stereocenters. The van der Waals surface area contributed by atoms with Crippen LogP contribution in [0.2, 0.25) is 0 Å². The van der Waals surface area contributed by atoms with Crippen molar-refractivity contribution in [1.82, 2.24) is 0 Å². The van der Waals surface area contributed by atoms with E-state index in [1.807, 2.05) is 32.0 Å². The zero-order valence-corrected chi connectivity index (χ0v) is 17.3. The van der Waals surface area contributed by atoms with Gasteiger partial charge in [0, 0.05) is 23.5 Å². The van der Waals surface area contributed by atoms with E-state index in [9.17, 15) is 9.59 Å². The summed E-state index contributed by atoms with van der Waals surface area (Å²) >= 11 is 0. The standard InChI is InChI=1S/C22H26N2O5/c1-12-6-13(2)8-14(7-12)23-21(25)16-11-17(16)22(26)24-15-9-18(27-3)20(29-5)19(10-15)28-4/h6-10,16-17H,11H2,1-5H3,(H,23,25)(H,24,26). The summed E-state index contributed by atoms with van der Waals surface area (Å²) in [6.07, 6.45) is 0.521. The number of hydrogen-bond donors (Lipinski definition) is 2. The molecule has 0 radical (unpaired) electrons. The summed E-state index contributed by atoms with van der Waals surface area (Å²) in [5.41, 5.74) is 3.42. The number of methoxy groups -OCH3 is 3. The average molecular weight is 398 g/mol. The van der Waals surface area contributed by atoms with Crippen LogP contribution in [0.1, 0.15) is 17.5 Å². The Morgan fingerprint density at radius 3 is 1.62 bits per heavy atom. The molecular formula is C22H26N2O5. The van der Waals surface area contributed by atoms with Gasteiger partial charge in [-0.2, -0.15) is 0 Å². The number of hydrogen-bond acceptors (Lipinski definition) is 5. The van der Waals surface area contributed by atoms with Crippen molar-refractivity contribution in [2.75, 3.05) is 32.0 Å². The molecule has 1 aliphatic carbocycles. The predicted octanol–water partition coefficient (Wildman–Crippen LogP) is 3.54. The molecule has 3 rings (SSSR count). The van der Waals surface area contributed by atoms with Crippen LogP contribution in [0, 0.1) is 25.7 Å². The number of ether oxygens (including phenoxy) is 3. The Morgan fingerprint density at radius 1 is 0.759 bits per heavy atom. The Morgan fingerprint density at radius 2 is 1.21 bits per heavy atom. The maximum absolute atomic E-state index is 12.6. The van der Waals surface area contributed by atoms with Crippen LogP contribution in [-0.4, -0.2) is 33.1 Å². The molecule has 2 atom stereocenters. The SMILES string of the molecule is COc1cc(NC(=O)C2CC2C(=O)Nc2cc(C)cc(C)c2)cc(OC)c1OC. The van der Waals surface area contributed by atoms with E-state index in [0.29, 0.717) is 29.4 Å².